The molecule has 0 amide bonds. The van der Waals surface area contributed by atoms with Crippen LogP contribution in [0.4, 0.5) is 4.39 Å². The van der Waals surface area contributed by atoms with Crippen molar-refractivity contribution in [1.29, 1.82) is 0 Å². The number of alkyl halides is 1. The topological polar surface area (TPSA) is 26.3 Å². The number of ketones is 1. The molecule has 2 atom stereocenters. The van der Waals surface area contributed by atoms with E-state index in [1.54, 1.807) is 6.08 Å². The number of hydrogen-bond acceptors (Lipinski definition) is 2. The number of hydrogen-bond donors (Lipinski definition) is 0. The van der Waals surface area contributed by atoms with E-state index in [0.717, 1.165) is 0 Å². The van der Waals surface area contributed by atoms with E-state index in [0.29, 0.717) is 17.8 Å². The summed E-state index contributed by atoms with van der Waals surface area (Å²) in [6.07, 6.45) is 2.53. The molecule has 0 bridgehead atoms. The fourth-order valence-corrected chi connectivity index (χ4v) is 2.04. The van der Waals surface area contributed by atoms with Crippen LogP contribution in [-0.2, 0) is 9.53 Å². The fraction of sp³-hybridized carbons (Fsp3) is 0.615. The molecule has 0 N–H and O–H groups in total. The molecule has 0 saturated carbocycles. The van der Waals surface area contributed by atoms with E-state index in [4.69, 9.17) is 4.74 Å². The second kappa shape index (κ2) is 3.72. The monoisotopic (exact) mass is 224 g/mol. The maximum absolute atomic E-state index is 13.2. The third-order valence-electron chi connectivity index (χ3n) is 3.57. The summed E-state index contributed by atoms with van der Waals surface area (Å²) in [6.45, 7) is 6.00. The third-order valence-corrected chi connectivity index (χ3v) is 3.57. The van der Waals surface area contributed by atoms with Gasteiger partial charge in [-0.3, -0.25) is 4.79 Å². The van der Waals surface area contributed by atoms with Crippen LogP contribution in [0.25, 0.3) is 0 Å². The lowest BCUT2D eigenvalue weighted by molar-refractivity contribution is -0.127. The Kier molecular flexibility index (Phi) is 2.64. The zero-order chi connectivity index (χ0) is 11.9. The molecule has 0 saturated heterocycles. The first-order valence-corrected chi connectivity index (χ1v) is 5.70. The van der Waals surface area contributed by atoms with Gasteiger partial charge in [0.15, 0.2) is 5.78 Å². The molecule has 2 nitrogen and oxygen atoms in total. The van der Waals surface area contributed by atoms with E-state index in [1.807, 2.05) is 20.8 Å². The highest BCUT2D eigenvalue weighted by Crippen LogP contribution is 2.38. The quantitative estimate of drug-likeness (QED) is 0.684. The van der Waals surface area contributed by atoms with Crippen molar-refractivity contribution in [3.63, 3.8) is 0 Å². The summed E-state index contributed by atoms with van der Waals surface area (Å²) in [4.78, 5) is 12.0. The first kappa shape index (κ1) is 11.4. The van der Waals surface area contributed by atoms with Crippen molar-refractivity contribution < 1.29 is 13.9 Å². The minimum atomic E-state index is -1.05. The molecule has 3 heteroatoms. The number of halogens is 1. The number of carbonyl (C=O) groups is 1. The van der Waals surface area contributed by atoms with Crippen molar-refractivity contribution in [2.45, 2.75) is 45.4 Å². The van der Waals surface area contributed by atoms with Crippen LogP contribution in [0.3, 0.4) is 0 Å². The summed E-state index contributed by atoms with van der Waals surface area (Å²) in [5, 5.41) is 0. The van der Waals surface area contributed by atoms with E-state index in [-0.39, 0.29) is 18.1 Å². The lowest BCUT2D eigenvalue weighted by atomic mass is 9.81. The zero-order valence-corrected chi connectivity index (χ0v) is 9.92. The molecule has 0 aromatic rings. The van der Waals surface area contributed by atoms with Crippen molar-refractivity contribution in [2.24, 2.45) is 5.92 Å². The SMILES string of the molecule is CC(C)C1(C)CC(=O)C2=C(C=CC(F)C2)O1. The van der Waals surface area contributed by atoms with Gasteiger partial charge >= 0.3 is 0 Å². The number of ether oxygens (including phenoxy) is 1. The van der Waals surface area contributed by atoms with E-state index in [9.17, 15) is 9.18 Å². The summed E-state index contributed by atoms with van der Waals surface area (Å²) >= 11 is 0. The minimum absolute atomic E-state index is 0.0319. The van der Waals surface area contributed by atoms with Crippen LogP contribution in [0.2, 0.25) is 0 Å². The molecule has 2 unspecified atom stereocenters. The van der Waals surface area contributed by atoms with Gasteiger partial charge in [0.05, 0.1) is 6.42 Å². The van der Waals surface area contributed by atoms with E-state index in [2.05, 4.69) is 0 Å². The largest absolute Gasteiger partial charge is 0.486 e. The van der Waals surface area contributed by atoms with Crippen molar-refractivity contribution in [3.05, 3.63) is 23.5 Å². The minimum Gasteiger partial charge on any atom is -0.486 e. The van der Waals surface area contributed by atoms with Gasteiger partial charge in [-0.1, -0.05) is 13.8 Å². The van der Waals surface area contributed by atoms with Gasteiger partial charge in [-0.05, 0) is 25.0 Å². The summed E-state index contributed by atoms with van der Waals surface area (Å²) in [7, 11) is 0. The Bertz CT molecular complexity index is 381. The second-order valence-corrected chi connectivity index (χ2v) is 5.09. The van der Waals surface area contributed by atoms with Crippen LogP contribution in [0, 0.1) is 5.92 Å². The van der Waals surface area contributed by atoms with Gasteiger partial charge in [0.2, 0.25) is 0 Å². The van der Waals surface area contributed by atoms with Crippen LogP contribution in [0.1, 0.15) is 33.6 Å². The molecule has 2 aliphatic rings. The predicted molar refractivity (Wildman–Crippen MR) is 59.6 cm³/mol. The van der Waals surface area contributed by atoms with Crippen molar-refractivity contribution >= 4 is 5.78 Å². The third kappa shape index (κ3) is 1.79. The van der Waals surface area contributed by atoms with Crippen LogP contribution in [0.15, 0.2) is 23.5 Å². The number of rotatable bonds is 1. The molecule has 1 aliphatic carbocycles. The van der Waals surface area contributed by atoms with Gasteiger partial charge in [-0.25, -0.2) is 4.39 Å². The summed E-state index contributed by atoms with van der Waals surface area (Å²) in [5.41, 5.74) is 0.0665. The first-order chi connectivity index (χ1) is 7.42. The lowest BCUT2D eigenvalue weighted by Crippen LogP contribution is -2.41. The molecule has 88 valence electrons. The van der Waals surface area contributed by atoms with Gasteiger partial charge in [-0.15, -0.1) is 0 Å². The Morgan fingerprint density at radius 3 is 2.88 bits per heavy atom. The normalized spacial score (nSPS) is 34.1. The number of carbonyl (C=O) groups excluding carboxylic acids is 1. The Labute approximate surface area is 95.2 Å². The molecular weight excluding hydrogens is 207 g/mol. The van der Waals surface area contributed by atoms with Crippen LogP contribution in [-0.4, -0.2) is 17.6 Å². The highest BCUT2D eigenvalue weighted by atomic mass is 19.1. The lowest BCUT2D eigenvalue weighted by Gasteiger charge is -2.39. The summed E-state index contributed by atoms with van der Waals surface area (Å²) in [6, 6.07) is 0. The molecule has 1 aliphatic heterocycles. The molecule has 0 fully saturated rings. The van der Waals surface area contributed by atoms with Crippen molar-refractivity contribution in [1.82, 2.24) is 0 Å². The second-order valence-electron chi connectivity index (χ2n) is 5.09. The summed E-state index contributed by atoms with van der Waals surface area (Å²) in [5.74, 6) is 0.854. The van der Waals surface area contributed by atoms with Gasteiger partial charge in [0, 0.05) is 12.0 Å². The molecule has 2 rings (SSSR count). The van der Waals surface area contributed by atoms with Crippen LogP contribution >= 0.6 is 0 Å². The Balaban J connectivity index is 2.32. The molecule has 0 radical (unpaired) electrons. The maximum atomic E-state index is 13.2. The smallest absolute Gasteiger partial charge is 0.166 e. The van der Waals surface area contributed by atoms with Crippen LogP contribution < -0.4 is 0 Å². The van der Waals surface area contributed by atoms with Gasteiger partial charge in [-0.2, -0.15) is 0 Å². The van der Waals surface area contributed by atoms with E-state index in [1.165, 1.54) is 6.08 Å². The Morgan fingerprint density at radius 2 is 2.25 bits per heavy atom. The van der Waals surface area contributed by atoms with E-state index < -0.39 is 11.8 Å². The average Bonchev–Trinajstić information content (AvgIpc) is 2.19. The number of allylic oxidation sites excluding steroid dienone is 3. The molecule has 0 spiro atoms. The fourth-order valence-electron chi connectivity index (χ4n) is 2.04. The van der Waals surface area contributed by atoms with Crippen molar-refractivity contribution in [3.8, 4) is 0 Å². The summed E-state index contributed by atoms with van der Waals surface area (Å²) < 4.78 is 19.0. The maximum Gasteiger partial charge on any atom is 0.166 e. The Morgan fingerprint density at radius 1 is 1.56 bits per heavy atom. The number of Topliss-reactive ketones (excluding diaryl/α,β-unsaturated/α-hetero) is 1. The van der Waals surface area contributed by atoms with Crippen LogP contribution in [0.5, 0.6) is 0 Å². The standard InChI is InChI=1S/C13H17FO2/c1-8(2)13(3)7-11(15)10-6-9(14)4-5-12(10)16-13/h4-5,8-9H,6-7H2,1-3H3. The van der Waals surface area contributed by atoms with E-state index >= 15 is 0 Å². The Hall–Kier alpha value is -1.12. The first-order valence-electron chi connectivity index (χ1n) is 5.70. The van der Waals surface area contributed by atoms with Gasteiger partial charge < -0.3 is 4.74 Å². The molecule has 0 aromatic heterocycles. The molecule has 1 heterocycles. The van der Waals surface area contributed by atoms with Crippen molar-refractivity contribution in [2.75, 3.05) is 0 Å². The average molecular weight is 224 g/mol. The molecular formula is C13H17FO2. The van der Waals surface area contributed by atoms with Gasteiger partial charge in [0.25, 0.3) is 0 Å². The highest BCUT2D eigenvalue weighted by Gasteiger charge is 2.40. The molecule has 0 aromatic carbocycles. The molecule has 16 heavy (non-hydrogen) atoms. The van der Waals surface area contributed by atoms with Gasteiger partial charge in [0.1, 0.15) is 17.5 Å². The highest BCUT2D eigenvalue weighted by molar-refractivity contribution is 5.98. The predicted octanol–water partition coefficient (Wildman–Crippen LogP) is 2.94. The zero-order valence-electron chi connectivity index (χ0n) is 9.92.